The van der Waals surface area contributed by atoms with Crippen LogP contribution >= 0.6 is 0 Å². The molecule has 3 aromatic carbocycles. The molecule has 0 spiro atoms. The fourth-order valence-corrected chi connectivity index (χ4v) is 4.39. The minimum absolute atomic E-state index is 0.259. The number of aromatic amines is 1. The number of anilines is 1. The molecule has 2 heterocycles. The summed E-state index contributed by atoms with van der Waals surface area (Å²) in [6.45, 7) is 0. The van der Waals surface area contributed by atoms with Crippen molar-refractivity contribution in [1.29, 1.82) is 0 Å². The monoisotopic (exact) mass is 464 g/mol. The van der Waals surface area contributed by atoms with Crippen LogP contribution in [0.15, 0.2) is 79.1 Å². The van der Waals surface area contributed by atoms with Crippen LogP contribution in [0.1, 0.15) is 0 Å². The number of hydrogen-bond acceptors (Lipinski definition) is 3. The molecule has 0 aliphatic carbocycles. The Labute approximate surface area is 188 Å². The number of halogens is 2. The zero-order valence-electron chi connectivity index (χ0n) is 17.4. The SMILES string of the molecule is CS(=O)(=O)Nc1ccc2ccn(-c3cc(-c4ccn[nH]4)cc(-c4ccc(F)cc4F)c3)c2c1. The Bertz CT molecular complexity index is 1590. The molecule has 6 nitrogen and oxygen atoms in total. The number of hydrogen-bond donors (Lipinski definition) is 2. The highest BCUT2D eigenvalue weighted by Gasteiger charge is 2.13. The van der Waals surface area contributed by atoms with Crippen LogP contribution in [-0.2, 0) is 10.0 Å². The maximum atomic E-state index is 14.6. The molecule has 0 saturated heterocycles. The van der Waals surface area contributed by atoms with E-state index in [1.165, 1.54) is 12.1 Å². The van der Waals surface area contributed by atoms with E-state index in [2.05, 4.69) is 14.9 Å². The molecular weight excluding hydrogens is 446 g/mol. The Morgan fingerprint density at radius 2 is 1.76 bits per heavy atom. The zero-order chi connectivity index (χ0) is 23.2. The van der Waals surface area contributed by atoms with Gasteiger partial charge in [0.1, 0.15) is 11.6 Å². The topological polar surface area (TPSA) is 79.8 Å². The largest absolute Gasteiger partial charge is 0.316 e. The minimum Gasteiger partial charge on any atom is -0.316 e. The van der Waals surface area contributed by atoms with Gasteiger partial charge in [-0.1, -0.05) is 6.07 Å². The highest BCUT2D eigenvalue weighted by molar-refractivity contribution is 7.92. The molecule has 2 N–H and O–H groups in total. The molecule has 0 fully saturated rings. The van der Waals surface area contributed by atoms with Crippen LogP contribution in [0.5, 0.6) is 0 Å². The first-order valence-corrected chi connectivity index (χ1v) is 11.9. The average molecular weight is 464 g/mol. The van der Waals surface area contributed by atoms with E-state index < -0.39 is 21.7 Å². The van der Waals surface area contributed by atoms with Gasteiger partial charge in [0, 0.05) is 40.7 Å². The lowest BCUT2D eigenvalue weighted by atomic mass is 10.00. The number of sulfonamides is 1. The fourth-order valence-electron chi connectivity index (χ4n) is 3.83. The lowest BCUT2D eigenvalue weighted by molar-refractivity contribution is 0.585. The Balaban J connectivity index is 1.71. The maximum absolute atomic E-state index is 14.6. The van der Waals surface area contributed by atoms with Crippen LogP contribution in [0.4, 0.5) is 14.5 Å². The van der Waals surface area contributed by atoms with E-state index in [1.807, 2.05) is 29.0 Å². The number of nitrogens with zero attached hydrogens (tertiary/aromatic N) is 2. The molecule has 2 aromatic heterocycles. The fraction of sp³-hybridized carbons (Fsp3) is 0.0417. The summed E-state index contributed by atoms with van der Waals surface area (Å²) in [5.74, 6) is -1.32. The zero-order valence-corrected chi connectivity index (χ0v) is 18.2. The van der Waals surface area contributed by atoms with Crippen LogP contribution in [0.25, 0.3) is 39.0 Å². The summed E-state index contributed by atoms with van der Waals surface area (Å²) in [6.07, 6.45) is 4.56. The summed E-state index contributed by atoms with van der Waals surface area (Å²) in [7, 11) is -3.44. The van der Waals surface area contributed by atoms with Crippen molar-refractivity contribution in [2.75, 3.05) is 11.0 Å². The average Bonchev–Trinajstić information content (AvgIpc) is 3.42. The second kappa shape index (κ2) is 7.86. The first-order chi connectivity index (χ1) is 15.8. The molecule has 0 saturated carbocycles. The number of aromatic nitrogens is 3. The molecule has 0 bridgehead atoms. The molecule has 9 heteroatoms. The van der Waals surface area contributed by atoms with Crippen molar-refractivity contribution in [3.05, 3.63) is 90.8 Å². The number of benzene rings is 3. The van der Waals surface area contributed by atoms with Crippen molar-refractivity contribution < 1.29 is 17.2 Å². The van der Waals surface area contributed by atoms with Crippen LogP contribution in [-0.4, -0.2) is 29.4 Å². The van der Waals surface area contributed by atoms with Gasteiger partial charge >= 0.3 is 0 Å². The van der Waals surface area contributed by atoms with Gasteiger partial charge in [-0.2, -0.15) is 5.10 Å². The first-order valence-electron chi connectivity index (χ1n) is 9.96. The normalized spacial score (nSPS) is 11.7. The Morgan fingerprint density at radius 3 is 2.48 bits per heavy atom. The van der Waals surface area contributed by atoms with Crippen LogP contribution < -0.4 is 4.72 Å². The number of nitrogens with one attached hydrogen (secondary N) is 2. The van der Waals surface area contributed by atoms with E-state index in [1.54, 1.807) is 36.5 Å². The summed E-state index contributed by atoms with van der Waals surface area (Å²) >= 11 is 0. The van der Waals surface area contributed by atoms with Crippen LogP contribution in [0.2, 0.25) is 0 Å². The molecule has 33 heavy (non-hydrogen) atoms. The smallest absolute Gasteiger partial charge is 0.229 e. The highest BCUT2D eigenvalue weighted by Crippen LogP contribution is 2.33. The van der Waals surface area contributed by atoms with Crippen LogP contribution in [0.3, 0.4) is 0 Å². The third kappa shape index (κ3) is 4.22. The summed E-state index contributed by atoms with van der Waals surface area (Å²) in [5.41, 5.74) is 4.21. The second-order valence-corrected chi connectivity index (χ2v) is 9.45. The summed E-state index contributed by atoms with van der Waals surface area (Å²) in [4.78, 5) is 0. The van der Waals surface area contributed by atoms with E-state index in [9.17, 15) is 17.2 Å². The molecule has 0 atom stereocenters. The van der Waals surface area contributed by atoms with Crippen molar-refractivity contribution in [3.8, 4) is 28.1 Å². The van der Waals surface area contributed by atoms with E-state index >= 15 is 0 Å². The van der Waals surface area contributed by atoms with Crippen molar-refractivity contribution >= 4 is 26.6 Å². The molecule has 0 aliphatic rings. The predicted molar refractivity (Wildman–Crippen MR) is 125 cm³/mol. The maximum Gasteiger partial charge on any atom is 0.229 e. The van der Waals surface area contributed by atoms with E-state index in [0.29, 0.717) is 16.9 Å². The third-order valence-corrected chi connectivity index (χ3v) is 5.85. The van der Waals surface area contributed by atoms with Crippen molar-refractivity contribution in [1.82, 2.24) is 14.8 Å². The van der Waals surface area contributed by atoms with Crippen molar-refractivity contribution in [3.63, 3.8) is 0 Å². The van der Waals surface area contributed by atoms with Gasteiger partial charge in [0.05, 0.1) is 23.2 Å². The second-order valence-electron chi connectivity index (χ2n) is 7.70. The van der Waals surface area contributed by atoms with E-state index in [-0.39, 0.29) is 5.56 Å². The number of H-pyrrole nitrogens is 1. The summed E-state index contributed by atoms with van der Waals surface area (Å²) in [6, 6.07) is 17.9. The van der Waals surface area contributed by atoms with Crippen molar-refractivity contribution in [2.24, 2.45) is 0 Å². The van der Waals surface area contributed by atoms with Gasteiger partial charge < -0.3 is 4.57 Å². The number of fused-ring (bicyclic) bond motifs is 1. The molecule has 166 valence electrons. The van der Waals surface area contributed by atoms with Gasteiger partial charge in [-0.05, 0) is 60.2 Å². The minimum atomic E-state index is -3.44. The van der Waals surface area contributed by atoms with Gasteiger partial charge in [-0.25, -0.2) is 17.2 Å². The molecule has 0 radical (unpaired) electrons. The summed E-state index contributed by atoms with van der Waals surface area (Å²) < 4.78 is 55.8. The molecule has 0 unspecified atom stereocenters. The number of rotatable bonds is 5. The third-order valence-electron chi connectivity index (χ3n) is 5.25. The predicted octanol–water partition coefficient (Wildman–Crippen LogP) is 5.34. The molecule has 0 amide bonds. The van der Waals surface area contributed by atoms with Gasteiger partial charge in [0.15, 0.2) is 0 Å². The Kier molecular flexibility index (Phi) is 4.98. The van der Waals surface area contributed by atoms with Crippen LogP contribution in [0, 0.1) is 11.6 Å². The molecule has 5 rings (SSSR count). The highest BCUT2D eigenvalue weighted by atomic mass is 32.2. The summed E-state index contributed by atoms with van der Waals surface area (Å²) in [5, 5.41) is 7.81. The lowest BCUT2D eigenvalue weighted by Crippen LogP contribution is -2.09. The van der Waals surface area contributed by atoms with Gasteiger partial charge in [-0.15, -0.1) is 0 Å². The van der Waals surface area contributed by atoms with Gasteiger partial charge in [0.2, 0.25) is 10.0 Å². The van der Waals surface area contributed by atoms with E-state index in [0.717, 1.165) is 34.5 Å². The lowest BCUT2D eigenvalue weighted by Gasteiger charge is -2.13. The Hall–Kier alpha value is -3.98. The molecule has 0 aliphatic heterocycles. The first kappa shape index (κ1) is 20.9. The van der Waals surface area contributed by atoms with Gasteiger partial charge in [-0.3, -0.25) is 9.82 Å². The Morgan fingerprint density at radius 1 is 0.939 bits per heavy atom. The molecular formula is C24H18F2N4O2S. The van der Waals surface area contributed by atoms with Gasteiger partial charge in [0.25, 0.3) is 0 Å². The van der Waals surface area contributed by atoms with Crippen molar-refractivity contribution in [2.45, 2.75) is 0 Å². The molecule has 5 aromatic rings. The quantitative estimate of drug-likeness (QED) is 0.369. The van der Waals surface area contributed by atoms with E-state index in [4.69, 9.17) is 0 Å². The standard InChI is InChI=1S/C24H18F2N4O2S/c1-33(31,32)29-19-4-2-15-7-9-30(24(15)14-19)20-11-16(21-5-3-18(25)13-22(21)26)10-17(12-20)23-6-8-27-28-23/h2-14,29H,1H3,(H,27,28).